The molecule has 0 saturated heterocycles. The lowest BCUT2D eigenvalue weighted by Crippen LogP contribution is -2.27. The van der Waals surface area contributed by atoms with E-state index in [-0.39, 0.29) is 0 Å². The molecule has 1 N–H and O–H groups in total. The quantitative estimate of drug-likeness (QED) is 0.794. The molecule has 1 aromatic carbocycles. The molecule has 0 saturated carbocycles. The van der Waals surface area contributed by atoms with Gasteiger partial charge in [0.1, 0.15) is 10.8 Å². The monoisotopic (exact) mass is 278 g/mol. The lowest BCUT2D eigenvalue weighted by atomic mass is 10.1. The SMILES string of the molecule is CC(C)(C)OC(=O)Nc1cccc2cnc(Cl)cc12. The van der Waals surface area contributed by atoms with Crippen molar-refractivity contribution in [2.75, 3.05) is 5.32 Å². The third kappa shape index (κ3) is 3.58. The number of fused-ring (bicyclic) bond motifs is 1. The van der Waals surface area contributed by atoms with Gasteiger partial charge in [0.05, 0.1) is 5.69 Å². The molecule has 0 aliphatic rings. The van der Waals surface area contributed by atoms with Gasteiger partial charge in [0.2, 0.25) is 0 Å². The Morgan fingerprint density at radius 2 is 2.11 bits per heavy atom. The molecule has 1 amide bonds. The van der Waals surface area contributed by atoms with E-state index in [2.05, 4.69) is 10.3 Å². The van der Waals surface area contributed by atoms with Gasteiger partial charge < -0.3 is 4.74 Å². The van der Waals surface area contributed by atoms with Crippen molar-refractivity contribution in [3.8, 4) is 0 Å². The number of carbonyl (C=O) groups excluding carboxylic acids is 1. The summed E-state index contributed by atoms with van der Waals surface area (Å²) in [5.74, 6) is 0. The summed E-state index contributed by atoms with van der Waals surface area (Å²) in [7, 11) is 0. The van der Waals surface area contributed by atoms with Crippen molar-refractivity contribution in [3.05, 3.63) is 35.6 Å². The van der Waals surface area contributed by atoms with Crippen molar-refractivity contribution >= 4 is 34.2 Å². The Balaban J connectivity index is 2.30. The van der Waals surface area contributed by atoms with Gasteiger partial charge in [-0.2, -0.15) is 0 Å². The second kappa shape index (κ2) is 5.05. The van der Waals surface area contributed by atoms with E-state index in [9.17, 15) is 4.79 Å². The minimum absolute atomic E-state index is 0.380. The standard InChI is InChI=1S/C14H15ClN2O2/c1-14(2,3)19-13(18)17-11-6-4-5-9-8-16-12(15)7-10(9)11/h4-8H,1-3H3,(H,17,18). The van der Waals surface area contributed by atoms with Crippen LogP contribution in [0.1, 0.15) is 20.8 Å². The molecule has 100 valence electrons. The minimum Gasteiger partial charge on any atom is -0.444 e. The zero-order valence-electron chi connectivity index (χ0n) is 11.0. The van der Waals surface area contributed by atoms with Gasteiger partial charge in [-0.05, 0) is 32.9 Å². The van der Waals surface area contributed by atoms with E-state index in [0.29, 0.717) is 10.8 Å². The van der Waals surface area contributed by atoms with Gasteiger partial charge >= 0.3 is 6.09 Å². The van der Waals surface area contributed by atoms with E-state index in [1.165, 1.54) is 0 Å². The molecule has 2 rings (SSSR count). The van der Waals surface area contributed by atoms with Gasteiger partial charge in [0.15, 0.2) is 0 Å². The highest BCUT2D eigenvalue weighted by Crippen LogP contribution is 2.25. The molecule has 0 atom stereocenters. The summed E-state index contributed by atoms with van der Waals surface area (Å²) in [6, 6.07) is 7.25. The topological polar surface area (TPSA) is 51.2 Å². The first kappa shape index (κ1) is 13.6. The molecule has 0 aliphatic carbocycles. The number of halogens is 1. The van der Waals surface area contributed by atoms with Crippen LogP contribution in [-0.2, 0) is 4.74 Å². The van der Waals surface area contributed by atoms with Crippen molar-refractivity contribution in [1.82, 2.24) is 4.98 Å². The van der Waals surface area contributed by atoms with E-state index in [1.54, 1.807) is 18.3 Å². The average molecular weight is 279 g/mol. The molecule has 0 spiro atoms. The van der Waals surface area contributed by atoms with Crippen LogP contribution in [0.15, 0.2) is 30.5 Å². The molecular formula is C14H15ClN2O2. The first-order valence-electron chi connectivity index (χ1n) is 5.89. The number of rotatable bonds is 1. The maximum Gasteiger partial charge on any atom is 0.412 e. The van der Waals surface area contributed by atoms with Gasteiger partial charge in [0, 0.05) is 17.0 Å². The number of anilines is 1. The highest BCUT2D eigenvalue weighted by atomic mass is 35.5. The van der Waals surface area contributed by atoms with Crippen LogP contribution in [0.25, 0.3) is 10.8 Å². The average Bonchev–Trinajstić information content (AvgIpc) is 2.27. The Hall–Kier alpha value is -1.81. The van der Waals surface area contributed by atoms with Gasteiger partial charge in [-0.3, -0.25) is 5.32 Å². The van der Waals surface area contributed by atoms with Crippen molar-refractivity contribution in [2.24, 2.45) is 0 Å². The number of benzene rings is 1. The van der Waals surface area contributed by atoms with Crippen LogP contribution in [-0.4, -0.2) is 16.7 Å². The number of hydrogen-bond donors (Lipinski definition) is 1. The number of pyridine rings is 1. The Morgan fingerprint density at radius 1 is 1.37 bits per heavy atom. The minimum atomic E-state index is -0.534. The molecule has 19 heavy (non-hydrogen) atoms. The zero-order valence-corrected chi connectivity index (χ0v) is 11.8. The molecular weight excluding hydrogens is 264 g/mol. The second-order valence-electron chi connectivity index (χ2n) is 5.16. The largest absolute Gasteiger partial charge is 0.444 e. The summed E-state index contributed by atoms with van der Waals surface area (Å²) in [5, 5.41) is 4.83. The fraction of sp³-hybridized carbons (Fsp3) is 0.286. The molecule has 0 bridgehead atoms. The first-order valence-corrected chi connectivity index (χ1v) is 6.27. The fourth-order valence-electron chi connectivity index (χ4n) is 1.67. The zero-order chi connectivity index (χ0) is 14.0. The smallest absolute Gasteiger partial charge is 0.412 e. The molecule has 1 heterocycles. The number of nitrogens with one attached hydrogen (secondary N) is 1. The molecule has 0 aliphatic heterocycles. The van der Waals surface area contributed by atoms with Crippen molar-refractivity contribution in [1.29, 1.82) is 0 Å². The molecule has 0 radical (unpaired) electrons. The van der Waals surface area contributed by atoms with Crippen molar-refractivity contribution < 1.29 is 9.53 Å². The van der Waals surface area contributed by atoms with Crippen LogP contribution < -0.4 is 5.32 Å². The van der Waals surface area contributed by atoms with Crippen molar-refractivity contribution in [3.63, 3.8) is 0 Å². The Kier molecular flexibility index (Phi) is 3.62. The highest BCUT2D eigenvalue weighted by Gasteiger charge is 2.16. The summed E-state index contributed by atoms with van der Waals surface area (Å²) in [4.78, 5) is 15.8. The number of amides is 1. The second-order valence-corrected chi connectivity index (χ2v) is 5.55. The molecule has 2 aromatic rings. The number of hydrogen-bond acceptors (Lipinski definition) is 3. The number of aromatic nitrogens is 1. The van der Waals surface area contributed by atoms with E-state index in [0.717, 1.165) is 10.8 Å². The fourth-order valence-corrected chi connectivity index (χ4v) is 1.82. The first-order chi connectivity index (χ1) is 8.85. The molecule has 5 heteroatoms. The molecule has 1 aromatic heterocycles. The Bertz CT molecular complexity index is 620. The third-order valence-electron chi connectivity index (χ3n) is 2.37. The van der Waals surface area contributed by atoms with Gasteiger partial charge in [-0.25, -0.2) is 9.78 Å². The van der Waals surface area contributed by atoms with E-state index < -0.39 is 11.7 Å². The van der Waals surface area contributed by atoms with Gasteiger partial charge in [-0.15, -0.1) is 0 Å². The number of ether oxygens (including phenoxy) is 1. The van der Waals surface area contributed by atoms with E-state index in [4.69, 9.17) is 16.3 Å². The summed E-state index contributed by atoms with van der Waals surface area (Å²) in [6.07, 6.45) is 1.17. The normalized spacial score (nSPS) is 11.4. The Labute approximate surface area is 116 Å². The number of carbonyl (C=O) groups is 1. The predicted octanol–water partition coefficient (Wildman–Crippen LogP) is 4.24. The van der Waals surface area contributed by atoms with Gasteiger partial charge in [-0.1, -0.05) is 23.7 Å². The van der Waals surface area contributed by atoms with Crippen LogP contribution >= 0.6 is 11.6 Å². The van der Waals surface area contributed by atoms with E-state index >= 15 is 0 Å². The van der Waals surface area contributed by atoms with Crippen LogP contribution in [0.5, 0.6) is 0 Å². The summed E-state index contributed by atoms with van der Waals surface area (Å²) >= 11 is 5.88. The van der Waals surface area contributed by atoms with Crippen LogP contribution in [0, 0.1) is 0 Å². The lowest BCUT2D eigenvalue weighted by molar-refractivity contribution is 0.0636. The predicted molar refractivity (Wildman–Crippen MR) is 76.6 cm³/mol. The Morgan fingerprint density at radius 3 is 2.79 bits per heavy atom. The highest BCUT2D eigenvalue weighted by molar-refractivity contribution is 6.30. The van der Waals surface area contributed by atoms with Crippen molar-refractivity contribution in [2.45, 2.75) is 26.4 Å². The number of nitrogens with zero attached hydrogens (tertiary/aromatic N) is 1. The van der Waals surface area contributed by atoms with Crippen LogP contribution in [0.4, 0.5) is 10.5 Å². The summed E-state index contributed by atoms with van der Waals surface area (Å²) in [5.41, 5.74) is 0.115. The van der Waals surface area contributed by atoms with Crippen LogP contribution in [0.2, 0.25) is 5.15 Å². The maximum absolute atomic E-state index is 11.8. The molecule has 0 unspecified atom stereocenters. The van der Waals surface area contributed by atoms with E-state index in [1.807, 2.05) is 32.9 Å². The molecule has 0 fully saturated rings. The third-order valence-corrected chi connectivity index (χ3v) is 2.57. The molecule has 4 nitrogen and oxygen atoms in total. The lowest BCUT2D eigenvalue weighted by Gasteiger charge is -2.20. The summed E-state index contributed by atoms with van der Waals surface area (Å²) in [6.45, 7) is 5.45. The van der Waals surface area contributed by atoms with Crippen LogP contribution in [0.3, 0.4) is 0 Å². The summed E-state index contributed by atoms with van der Waals surface area (Å²) < 4.78 is 5.22. The van der Waals surface area contributed by atoms with Gasteiger partial charge in [0.25, 0.3) is 0 Å². The maximum atomic E-state index is 11.8.